The maximum Gasteiger partial charge on any atom is 0.0537 e. The van der Waals surface area contributed by atoms with Crippen LogP contribution < -0.4 is 4.90 Å². The van der Waals surface area contributed by atoms with E-state index in [-0.39, 0.29) is 0 Å². The number of benzene rings is 7. The van der Waals surface area contributed by atoms with Gasteiger partial charge in [0.1, 0.15) is 0 Å². The molecule has 3 aliphatic rings. The van der Waals surface area contributed by atoms with E-state index >= 15 is 0 Å². The number of hydrogen-bond donors (Lipinski definition) is 0. The molecule has 0 fully saturated rings. The molecular weight excluding hydrogens is 725 g/mol. The second kappa shape index (κ2) is 15.2. The summed E-state index contributed by atoms with van der Waals surface area (Å²) in [6.45, 7) is 4.15. The fourth-order valence-corrected chi connectivity index (χ4v) is 10.0. The molecule has 0 radical (unpaired) electrons. The van der Waals surface area contributed by atoms with Gasteiger partial charge in [0.2, 0.25) is 0 Å². The number of fused-ring (bicyclic) bond motifs is 9. The van der Waals surface area contributed by atoms with E-state index in [4.69, 9.17) is 0 Å². The van der Waals surface area contributed by atoms with Crippen molar-refractivity contribution in [2.45, 2.75) is 38.5 Å². The first-order valence-corrected chi connectivity index (χ1v) is 21.5. The Balaban J connectivity index is 1.03. The minimum atomic E-state index is 1.03. The van der Waals surface area contributed by atoms with Crippen LogP contribution in [0.2, 0.25) is 0 Å². The lowest BCUT2D eigenvalue weighted by Crippen LogP contribution is -2.09. The molecule has 2 nitrogen and oxygen atoms in total. The smallest absolute Gasteiger partial charge is 0.0537 e. The maximum absolute atomic E-state index is 4.15. The van der Waals surface area contributed by atoms with E-state index in [1.165, 1.54) is 77.2 Å². The Labute approximate surface area is 352 Å². The molecule has 288 valence electrons. The van der Waals surface area contributed by atoms with E-state index in [2.05, 4.69) is 204 Å². The quantitative estimate of drug-likeness (QED) is 0.110. The predicted octanol–water partition coefficient (Wildman–Crippen LogP) is 15.4. The van der Waals surface area contributed by atoms with Crippen LogP contribution in [0.15, 0.2) is 183 Å². The van der Waals surface area contributed by atoms with Gasteiger partial charge in [0.15, 0.2) is 0 Å². The van der Waals surface area contributed by atoms with Crippen LogP contribution in [0.5, 0.6) is 0 Å². The first kappa shape index (κ1) is 36.0. The van der Waals surface area contributed by atoms with E-state index in [0.29, 0.717) is 0 Å². The standard InChI is InChI=1S/C58H46N2/c1-2-15-40(55-38-42-16-3-5-18-47(42)49-20-7-9-22-51(49)55)36-37-59(45-32-34-46(35-33-45)60-57-26-13-11-24-53(57)54-25-12-14-27-58(54)60)44-30-28-41(29-31-44)56-39-43-17-4-6-19-48(43)50-21-8-10-23-52(50)56/h2-5,7,9-13,15-18,20,22-26,28-39H,1,6,8,14,19,21,27H2/b37-36-,40-15+. The molecule has 3 aliphatic carbocycles. The van der Waals surface area contributed by atoms with Crippen molar-refractivity contribution in [1.29, 1.82) is 0 Å². The molecule has 0 unspecified atom stereocenters. The Morgan fingerprint density at radius 1 is 0.583 bits per heavy atom. The molecule has 8 aromatic rings. The minimum Gasteiger partial charge on any atom is -0.317 e. The van der Waals surface area contributed by atoms with E-state index in [9.17, 15) is 0 Å². The molecular formula is C58H46N2. The molecule has 0 N–H and O–H groups in total. The van der Waals surface area contributed by atoms with Gasteiger partial charge in [-0.05, 0) is 165 Å². The topological polar surface area (TPSA) is 8.17 Å². The summed E-state index contributed by atoms with van der Waals surface area (Å²) in [6, 6.07) is 49.3. The summed E-state index contributed by atoms with van der Waals surface area (Å²) in [5.41, 5.74) is 18.1. The summed E-state index contributed by atoms with van der Waals surface area (Å²) < 4.78 is 2.46. The number of nitrogens with zero attached hydrogens (tertiary/aromatic N) is 2. The minimum absolute atomic E-state index is 1.03. The van der Waals surface area contributed by atoms with Crippen molar-refractivity contribution in [2.24, 2.45) is 0 Å². The summed E-state index contributed by atoms with van der Waals surface area (Å²) in [4.78, 5) is 2.32. The molecule has 0 saturated carbocycles. The van der Waals surface area contributed by atoms with Gasteiger partial charge in [-0.1, -0.05) is 134 Å². The van der Waals surface area contributed by atoms with E-state index in [0.717, 1.165) is 55.5 Å². The van der Waals surface area contributed by atoms with E-state index in [1.54, 1.807) is 11.1 Å². The molecule has 0 aliphatic heterocycles. The van der Waals surface area contributed by atoms with Crippen molar-refractivity contribution in [2.75, 3.05) is 4.90 Å². The number of anilines is 2. The van der Waals surface area contributed by atoms with Crippen molar-refractivity contribution in [3.63, 3.8) is 0 Å². The first-order chi connectivity index (χ1) is 29.7. The molecule has 1 aromatic heterocycles. The van der Waals surface area contributed by atoms with Crippen LogP contribution in [0.3, 0.4) is 0 Å². The second-order valence-electron chi connectivity index (χ2n) is 16.2. The fourth-order valence-electron chi connectivity index (χ4n) is 10.0. The predicted molar refractivity (Wildman–Crippen MR) is 258 cm³/mol. The lowest BCUT2D eigenvalue weighted by atomic mass is 9.81. The fraction of sp³-hybridized carbons (Fsp3) is 0.103. The van der Waals surface area contributed by atoms with Crippen LogP contribution in [-0.4, -0.2) is 4.57 Å². The number of aromatic nitrogens is 1. The summed E-state index contributed by atoms with van der Waals surface area (Å²) >= 11 is 0. The van der Waals surface area contributed by atoms with Crippen LogP contribution in [0.4, 0.5) is 11.4 Å². The second-order valence-corrected chi connectivity index (χ2v) is 16.2. The number of rotatable bonds is 8. The normalized spacial score (nSPS) is 14.5. The zero-order valence-electron chi connectivity index (χ0n) is 33.8. The molecule has 0 atom stereocenters. The molecule has 1 heterocycles. The Kier molecular flexibility index (Phi) is 9.12. The third-order valence-corrected chi connectivity index (χ3v) is 12.8. The summed E-state index contributed by atoms with van der Waals surface area (Å²) in [5, 5.41) is 6.28. The average Bonchev–Trinajstić information content (AvgIpc) is 3.65. The molecule has 2 heteroatoms. The summed E-state index contributed by atoms with van der Waals surface area (Å²) in [6.07, 6.45) is 29.1. The summed E-state index contributed by atoms with van der Waals surface area (Å²) in [5.74, 6) is 0. The van der Waals surface area contributed by atoms with Gasteiger partial charge in [0, 0.05) is 39.9 Å². The van der Waals surface area contributed by atoms with E-state index < -0.39 is 0 Å². The van der Waals surface area contributed by atoms with Gasteiger partial charge >= 0.3 is 0 Å². The third kappa shape index (κ3) is 6.19. The van der Waals surface area contributed by atoms with Gasteiger partial charge < -0.3 is 9.47 Å². The molecule has 0 amide bonds. The number of allylic oxidation sites excluding steroid dienone is 7. The van der Waals surface area contributed by atoms with E-state index in [1.807, 2.05) is 6.08 Å². The highest BCUT2D eigenvalue weighted by atomic mass is 15.1. The Morgan fingerprint density at radius 2 is 1.23 bits per heavy atom. The van der Waals surface area contributed by atoms with Gasteiger partial charge in [-0.2, -0.15) is 0 Å². The zero-order chi connectivity index (χ0) is 40.0. The van der Waals surface area contributed by atoms with Crippen LogP contribution in [0, 0.1) is 0 Å². The Bertz CT molecular complexity index is 3140. The monoisotopic (exact) mass is 770 g/mol. The molecule has 7 aromatic carbocycles. The lowest BCUT2D eigenvalue weighted by molar-refractivity contribution is 0.888. The highest BCUT2D eigenvalue weighted by Crippen LogP contribution is 2.40. The van der Waals surface area contributed by atoms with Crippen molar-refractivity contribution >= 4 is 67.6 Å². The largest absolute Gasteiger partial charge is 0.317 e. The molecule has 11 rings (SSSR count). The van der Waals surface area contributed by atoms with Crippen LogP contribution in [-0.2, 0) is 19.3 Å². The van der Waals surface area contributed by atoms with Gasteiger partial charge in [-0.25, -0.2) is 0 Å². The van der Waals surface area contributed by atoms with Gasteiger partial charge in [-0.3, -0.25) is 0 Å². The van der Waals surface area contributed by atoms with Gasteiger partial charge in [0.05, 0.1) is 5.52 Å². The Morgan fingerprint density at radius 3 is 2.03 bits per heavy atom. The van der Waals surface area contributed by atoms with Crippen molar-refractivity contribution in [1.82, 2.24) is 4.57 Å². The average molecular weight is 771 g/mol. The Hall–Kier alpha value is -7.16. The molecule has 0 spiro atoms. The SMILES string of the molecule is C=C/C=C(\C=C/N(c1ccc(-c2cc3c(c4c2C=CCC4)CCC=C3)cc1)c1ccc(-n2c3c(c4ccccc42)C=CCC3)cc1)c1cc2ccccc2c2ccccc12. The van der Waals surface area contributed by atoms with Gasteiger partial charge in [0.25, 0.3) is 0 Å². The van der Waals surface area contributed by atoms with Crippen molar-refractivity contribution < 1.29 is 0 Å². The van der Waals surface area contributed by atoms with Crippen molar-refractivity contribution in [3.8, 4) is 16.8 Å². The molecule has 0 saturated heterocycles. The first-order valence-electron chi connectivity index (χ1n) is 21.5. The molecule has 0 bridgehead atoms. The highest BCUT2D eigenvalue weighted by molar-refractivity contribution is 6.12. The van der Waals surface area contributed by atoms with Crippen LogP contribution in [0.25, 0.3) is 73.1 Å². The highest BCUT2D eigenvalue weighted by Gasteiger charge is 2.21. The number of hydrogen-bond acceptors (Lipinski definition) is 1. The summed E-state index contributed by atoms with van der Waals surface area (Å²) in [7, 11) is 0. The zero-order valence-corrected chi connectivity index (χ0v) is 33.8. The maximum atomic E-state index is 4.15. The van der Waals surface area contributed by atoms with Gasteiger partial charge in [-0.15, -0.1) is 0 Å². The van der Waals surface area contributed by atoms with Crippen molar-refractivity contribution in [3.05, 3.63) is 222 Å². The van der Waals surface area contributed by atoms with Crippen LogP contribution in [0.1, 0.15) is 58.3 Å². The number of para-hydroxylation sites is 1. The third-order valence-electron chi connectivity index (χ3n) is 12.8. The lowest BCUT2D eigenvalue weighted by Gasteiger charge is -2.25. The molecule has 60 heavy (non-hydrogen) atoms. The van der Waals surface area contributed by atoms with Crippen LogP contribution >= 0.6 is 0 Å².